The van der Waals surface area contributed by atoms with Crippen LogP contribution in [0.25, 0.3) is 0 Å². The summed E-state index contributed by atoms with van der Waals surface area (Å²) in [5.41, 5.74) is -1.03. The van der Waals surface area contributed by atoms with Crippen LogP contribution in [0.3, 0.4) is 0 Å². The number of carbonyl (C=O) groups excluding carboxylic acids is 1. The van der Waals surface area contributed by atoms with Crippen LogP contribution >= 0.6 is 0 Å². The summed E-state index contributed by atoms with van der Waals surface area (Å²) in [5.74, 6) is -0.358. The minimum Gasteiger partial charge on any atom is -0.465 e. The van der Waals surface area contributed by atoms with Crippen molar-refractivity contribution in [2.45, 2.75) is 64.3 Å². The van der Waals surface area contributed by atoms with Gasteiger partial charge in [0.05, 0.1) is 6.61 Å². The second-order valence-electron chi connectivity index (χ2n) is 5.15. The number of carbonyl (C=O) groups is 1. The fraction of sp³-hybridized carbons (Fsp3) is 0.923. The molecule has 1 saturated carbocycles. The molecule has 2 atom stereocenters. The zero-order chi connectivity index (χ0) is 14.3. The normalized spacial score (nSPS) is 27.4. The lowest BCUT2D eigenvalue weighted by Gasteiger charge is -2.41. The number of thiol groups is 1. The van der Waals surface area contributed by atoms with Crippen molar-refractivity contribution < 1.29 is 17.9 Å². The molecule has 2 unspecified atom stereocenters. The van der Waals surface area contributed by atoms with E-state index in [0.717, 1.165) is 38.5 Å². The van der Waals surface area contributed by atoms with Crippen molar-refractivity contribution in [1.82, 2.24) is 4.72 Å². The van der Waals surface area contributed by atoms with E-state index in [1.54, 1.807) is 6.92 Å². The van der Waals surface area contributed by atoms with E-state index in [9.17, 15) is 13.2 Å². The minimum atomic E-state index is -2.81. The Kier molecular flexibility index (Phi) is 6.79. The SMILES string of the molecule is CCCCC1CCCCC1(N[SH](=O)=O)C(=O)OCC. The van der Waals surface area contributed by atoms with Gasteiger partial charge in [0.1, 0.15) is 5.54 Å². The molecule has 1 rings (SSSR count). The number of ether oxygens (including phenoxy) is 1. The van der Waals surface area contributed by atoms with Crippen molar-refractivity contribution >= 4 is 16.9 Å². The molecule has 112 valence electrons. The van der Waals surface area contributed by atoms with Gasteiger partial charge in [-0.05, 0) is 32.1 Å². The second-order valence-corrected chi connectivity index (χ2v) is 5.88. The Morgan fingerprint density at radius 1 is 1.37 bits per heavy atom. The fourth-order valence-electron chi connectivity index (χ4n) is 2.97. The van der Waals surface area contributed by atoms with Crippen LogP contribution in [0, 0.1) is 5.92 Å². The fourth-order valence-corrected chi connectivity index (χ4v) is 3.68. The van der Waals surface area contributed by atoms with Gasteiger partial charge in [-0.1, -0.05) is 32.6 Å². The van der Waals surface area contributed by atoms with Crippen LogP contribution in [0.4, 0.5) is 0 Å². The topological polar surface area (TPSA) is 72.5 Å². The van der Waals surface area contributed by atoms with Gasteiger partial charge in [0, 0.05) is 0 Å². The maximum absolute atomic E-state index is 12.3. The van der Waals surface area contributed by atoms with Crippen molar-refractivity contribution in [2.24, 2.45) is 5.92 Å². The molecule has 0 bridgehead atoms. The molecular formula is C13H25NO4S. The van der Waals surface area contributed by atoms with Crippen LogP contribution < -0.4 is 4.72 Å². The molecule has 0 aromatic carbocycles. The summed E-state index contributed by atoms with van der Waals surface area (Å²) in [6.45, 7) is 4.11. The van der Waals surface area contributed by atoms with Gasteiger partial charge in [-0.2, -0.15) is 4.72 Å². The Morgan fingerprint density at radius 3 is 2.68 bits per heavy atom. The summed E-state index contributed by atoms with van der Waals surface area (Å²) < 4.78 is 29.9. The second kappa shape index (κ2) is 7.85. The monoisotopic (exact) mass is 291 g/mol. The molecule has 0 radical (unpaired) electrons. The lowest BCUT2D eigenvalue weighted by Crippen LogP contribution is -2.59. The third-order valence-corrected chi connectivity index (χ3v) is 4.49. The minimum absolute atomic E-state index is 0.0492. The van der Waals surface area contributed by atoms with Crippen LogP contribution in [0.1, 0.15) is 58.8 Å². The highest BCUT2D eigenvalue weighted by atomic mass is 32.2. The highest BCUT2D eigenvalue weighted by Crippen LogP contribution is 2.38. The van der Waals surface area contributed by atoms with E-state index in [-0.39, 0.29) is 12.5 Å². The average molecular weight is 291 g/mol. The number of esters is 1. The molecule has 6 heteroatoms. The van der Waals surface area contributed by atoms with E-state index in [0.29, 0.717) is 6.42 Å². The quantitative estimate of drug-likeness (QED) is 0.554. The summed E-state index contributed by atoms with van der Waals surface area (Å²) >= 11 is 0. The highest BCUT2D eigenvalue weighted by Gasteiger charge is 2.48. The van der Waals surface area contributed by atoms with E-state index in [4.69, 9.17) is 4.74 Å². The first-order valence-corrected chi connectivity index (χ1v) is 8.34. The molecule has 0 aromatic heterocycles. The van der Waals surface area contributed by atoms with Gasteiger partial charge in [0.2, 0.25) is 10.9 Å². The number of hydrogen-bond acceptors (Lipinski definition) is 4. The van der Waals surface area contributed by atoms with Gasteiger partial charge in [0.25, 0.3) is 0 Å². The third-order valence-electron chi connectivity index (χ3n) is 3.91. The highest BCUT2D eigenvalue weighted by molar-refractivity contribution is 7.70. The van der Waals surface area contributed by atoms with E-state index in [2.05, 4.69) is 11.6 Å². The van der Waals surface area contributed by atoms with Gasteiger partial charge < -0.3 is 4.74 Å². The predicted molar refractivity (Wildman–Crippen MR) is 74.3 cm³/mol. The van der Waals surface area contributed by atoms with Crippen LogP contribution in [0.15, 0.2) is 0 Å². The van der Waals surface area contributed by atoms with E-state index in [1.807, 2.05) is 0 Å². The lowest BCUT2D eigenvalue weighted by molar-refractivity contribution is -0.154. The van der Waals surface area contributed by atoms with Crippen molar-refractivity contribution in [3.63, 3.8) is 0 Å². The van der Waals surface area contributed by atoms with Gasteiger partial charge >= 0.3 is 5.97 Å². The Hall–Kier alpha value is -0.620. The Balaban J connectivity index is 2.97. The van der Waals surface area contributed by atoms with Crippen LogP contribution in [0.2, 0.25) is 0 Å². The molecule has 19 heavy (non-hydrogen) atoms. The summed E-state index contributed by atoms with van der Waals surface area (Å²) in [6.07, 6.45) is 6.25. The molecule has 1 fully saturated rings. The standard InChI is InChI=1S/C13H25NO4S/c1-3-5-8-11-9-6-7-10-13(11,14-19(16)17)12(15)18-4-2/h11,19H,3-10H2,1-2H3,(H,14,16,17). The summed E-state index contributed by atoms with van der Waals surface area (Å²) in [7, 11) is -2.81. The smallest absolute Gasteiger partial charge is 0.327 e. The largest absolute Gasteiger partial charge is 0.465 e. The van der Waals surface area contributed by atoms with Crippen molar-refractivity contribution in [2.75, 3.05) is 6.61 Å². The number of nitrogens with one attached hydrogen (secondary N) is 1. The molecule has 1 aliphatic rings. The van der Waals surface area contributed by atoms with E-state index >= 15 is 0 Å². The van der Waals surface area contributed by atoms with Crippen LogP contribution in [-0.4, -0.2) is 26.5 Å². The zero-order valence-corrected chi connectivity index (χ0v) is 12.7. The third kappa shape index (κ3) is 4.18. The Morgan fingerprint density at radius 2 is 2.11 bits per heavy atom. The van der Waals surface area contributed by atoms with Gasteiger partial charge in [0.15, 0.2) is 0 Å². The maximum Gasteiger partial charge on any atom is 0.327 e. The van der Waals surface area contributed by atoms with Crippen LogP contribution in [0.5, 0.6) is 0 Å². The van der Waals surface area contributed by atoms with Gasteiger partial charge in [-0.25, -0.2) is 8.42 Å². The Labute approximate surface area is 117 Å². The molecule has 1 N–H and O–H groups in total. The Bertz CT molecular complexity index is 362. The molecule has 0 aliphatic heterocycles. The molecular weight excluding hydrogens is 266 g/mol. The average Bonchev–Trinajstić information content (AvgIpc) is 2.37. The zero-order valence-electron chi connectivity index (χ0n) is 11.8. The molecule has 0 aromatic rings. The van der Waals surface area contributed by atoms with Gasteiger partial charge in [-0.3, -0.25) is 4.79 Å². The lowest BCUT2D eigenvalue weighted by atomic mass is 9.71. The molecule has 0 amide bonds. The molecule has 0 heterocycles. The summed E-state index contributed by atoms with van der Waals surface area (Å²) in [6, 6.07) is 0. The predicted octanol–water partition coefficient (Wildman–Crippen LogP) is 1.78. The van der Waals surface area contributed by atoms with E-state index < -0.39 is 22.4 Å². The molecule has 5 nitrogen and oxygen atoms in total. The molecule has 0 saturated heterocycles. The van der Waals surface area contributed by atoms with Crippen LogP contribution in [-0.2, 0) is 20.4 Å². The van der Waals surface area contributed by atoms with Gasteiger partial charge in [-0.15, -0.1) is 0 Å². The number of rotatable bonds is 7. The first-order chi connectivity index (χ1) is 9.06. The van der Waals surface area contributed by atoms with E-state index in [1.165, 1.54) is 0 Å². The summed E-state index contributed by atoms with van der Waals surface area (Å²) in [5, 5.41) is 0. The van der Waals surface area contributed by atoms with Crippen molar-refractivity contribution in [3.05, 3.63) is 0 Å². The summed E-state index contributed by atoms with van der Waals surface area (Å²) in [4.78, 5) is 12.3. The molecule has 1 aliphatic carbocycles. The first-order valence-electron chi connectivity index (χ1n) is 7.16. The maximum atomic E-state index is 12.3. The first kappa shape index (κ1) is 16.4. The van der Waals surface area contributed by atoms with Crippen molar-refractivity contribution in [1.29, 1.82) is 0 Å². The number of hydrogen-bond donors (Lipinski definition) is 2. The van der Waals surface area contributed by atoms with Crippen molar-refractivity contribution in [3.8, 4) is 0 Å². The number of unbranched alkanes of at least 4 members (excludes halogenated alkanes) is 1. The molecule has 0 spiro atoms.